The first-order valence-corrected chi connectivity index (χ1v) is 5.78. The van der Waals surface area contributed by atoms with Crippen molar-refractivity contribution in [2.75, 3.05) is 13.2 Å². The largest absolute Gasteiger partial charge is 0.381 e. The summed E-state index contributed by atoms with van der Waals surface area (Å²) < 4.78 is 18.3. The lowest BCUT2D eigenvalue weighted by atomic mass is 9.86. The highest BCUT2D eigenvalue weighted by atomic mass is 35.5. The minimum absolute atomic E-state index is 0. The second kappa shape index (κ2) is 6.34. The van der Waals surface area contributed by atoms with Gasteiger partial charge < -0.3 is 10.5 Å². The fraction of sp³-hybridized carbons (Fsp3) is 0.538. The Bertz CT molecular complexity index is 366. The van der Waals surface area contributed by atoms with Crippen molar-refractivity contribution < 1.29 is 9.13 Å². The molecule has 1 fully saturated rings. The first-order chi connectivity index (χ1) is 7.68. The van der Waals surface area contributed by atoms with Gasteiger partial charge in [-0.2, -0.15) is 0 Å². The molecule has 1 aromatic carbocycles. The van der Waals surface area contributed by atoms with Gasteiger partial charge in [0.2, 0.25) is 0 Å². The lowest BCUT2D eigenvalue weighted by Gasteiger charge is -2.28. The Balaban J connectivity index is 0.00000144. The minimum atomic E-state index is -0.194. The van der Waals surface area contributed by atoms with Gasteiger partial charge in [-0.1, -0.05) is 6.07 Å². The predicted octanol–water partition coefficient (Wildman–Crippen LogP) is 2.98. The van der Waals surface area contributed by atoms with E-state index in [0.29, 0.717) is 5.92 Å². The molecule has 0 unspecified atom stereocenters. The average Bonchev–Trinajstić information content (AvgIpc) is 2.29. The smallest absolute Gasteiger partial charge is 0.123 e. The predicted molar refractivity (Wildman–Crippen MR) is 68.9 cm³/mol. The van der Waals surface area contributed by atoms with Crippen LogP contribution in [0.1, 0.15) is 30.0 Å². The highest BCUT2D eigenvalue weighted by Gasteiger charge is 2.23. The van der Waals surface area contributed by atoms with Gasteiger partial charge in [0.15, 0.2) is 0 Å². The van der Waals surface area contributed by atoms with Crippen LogP contribution in [0.25, 0.3) is 0 Å². The zero-order valence-electron chi connectivity index (χ0n) is 9.99. The van der Waals surface area contributed by atoms with E-state index < -0.39 is 0 Å². The summed E-state index contributed by atoms with van der Waals surface area (Å²) in [6.07, 6.45) is 2.00. The second-order valence-corrected chi connectivity index (χ2v) is 4.48. The number of nitrogens with two attached hydrogens (primary N) is 1. The van der Waals surface area contributed by atoms with Gasteiger partial charge in [-0.25, -0.2) is 4.39 Å². The molecule has 0 saturated carbocycles. The van der Waals surface area contributed by atoms with Crippen LogP contribution in [0.2, 0.25) is 0 Å². The summed E-state index contributed by atoms with van der Waals surface area (Å²) in [5.41, 5.74) is 8.25. The highest BCUT2D eigenvalue weighted by molar-refractivity contribution is 5.85. The first kappa shape index (κ1) is 14.4. The van der Waals surface area contributed by atoms with Crippen LogP contribution < -0.4 is 5.73 Å². The number of halogens is 2. The fourth-order valence-corrected chi connectivity index (χ4v) is 2.34. The molecule has 1 saturated heterocycles. The Kier molecular flexibility index (Phi) is 5.37. The van der Waals surface area contributed by atoms with Gasteiger partial charge >= 0.3 is 0 Å². The van der Waals surface area contributed by atoms with Gasteiger partial charge in [-0.15, -0.1) is 12.4 Å². The molecule has 96 valence electrons. The van der Waals surface area contributed by atoms with Crippen molar-refractivity contribution in [1.29, 1.82) is 0 Å². The van der Waals surface area contributed by atoms with Crippen molar-refractivity contribution in [3.63, 3.8) is 0 Å². The van der Waals surface area contributed by atoms with E-state index in [1.165, 1.54) is 6.07 Å². The minimum Gasteiger partial charge on any atom is -0.381 e. The molecule has 0 spiro atoms. The van der Waals surface area contributed by atoms with Crippen molar-refractivity contribution in [2.45, 2.75) is 25.8 Å². The molecule has 2 rings (SSSR count). The molecule has 2 N–H and O–H groups in total. The Hall–Kier alpha value is -0.640. The molecule has 1 aromatic rings. The lowest BCUT2D eigenvalue weighted by molar-refractivity contribution is 0.0583. The Morgan fingerprint density at radius 2 is 2.00 bits per heavy atom. The first-order valence-electron chi connectivity index (χ1n) is 5.78. The third-order valence-electron chi connectivity index (χ3n) is 3.36. The van der Waals surface area contributed by atoms with Crippen LogP contribution in [0.3, 0.4) is 0 Å². The molecule has 4 heteroatoms. The van der Waals surface area contributed by atoms with E-state index in [2.05, 4.69) is 0 Å². The van der Waals surface area contributed by atoms with Crippen molar-refractivity contribution in [3.05, 3.63) is 35.1 Å². The van der Waals surface area contributed by atoms with Gasteiger partial charge in [-0.05, 0) is 48.9 Å². The second-order valence-electron chi connectivity index (χ2n) is 4.48. The van der Waals surface area contributed by atoms with Crippen LogP contribution in [-0.2, 0) is 4.74 Å². The van der Waals surface area contributed by atoms with Crippen LogP contribution in [0.15, 0.2) is 18.2 Å². The number of hydrogen-bond donors (Lipinski definition) is 1. The number of ether oxygens (including phenoxy) is 1. The van der Waals surface area contributed by atoms with Crippen LogP contribution in [0, 0.1) is 18.7 Å². The lowest BCUT2D eigenvalue weighted by Crippen LogP contribution is -2.28. The number of rotatable bonds is 2. The molecule has 2 nitrogen and oxygen atoms in total. The molecule has 0 aliphatic carbocycles. The summed E-state index contributed by atoms with van der Waals surface area (Å²) in [6, 6.07) is 4.85. The van der Waals surface area contributed by atoms with Gasteiger partial charge in [0.05, 0.1) is 0 Å². The van der Waals surface area contributed by atoms with E-state index in [-0.39, 0.29) is 24.3 Å². The molecular formula is C13H19ClFNO. The van der Waals surface area contributed by atoms with E-state index >= 15 is 0 Å². The zero-order chi connectivity index (χ0) is 11.5. The van der Waals surface area contributed by atoms with Gasteiger partial charge in [0, 0.05) is 19.3 Å². The molecule has 0 bridgehead atoms. The number of hydrogen-bond acceptors (Lipinski definition) is 2. The van der Waals surface area contributed by atoms with Crippen LogP contribution in [-0.4, -0.2) is 13.2 Å². The van der Waals surface area contributed by atoms with Crippen molar-refractivity contribution in [3.8, 4) is 0 Å². The van der Waals surface area contributed by atoms with Crippen LogP contribution >= 0.6 is 12.4 Å². The van der Waals surface area contributed by atoms with Gasteiger partial charge in [0.1, 0.15) is 5.82 Å². The molecule has 17 heavy (non-hydrogen) atoms. The molecule has 0 amide bonds. The molecule has 1 aliphatic heterocycles. The Labute approximate surface area is 108 Å². The molecular weight excluding hydrogens is 241 g/mol. The summed E-state index contributed by atoms with van der Waals surface area (Å²) in [6.45, 7) is 3.49. The quantitative estimate of drug-likeness (QED) is 0.886. The standard InChI is InChI=1S/C13H18FNO.ClH/c1-9-8-11(14)2-3-12(9)13(15)10-4-6-16-7-5-10;/h2-3,8,10,13H,4-7,15H2,1H3;1H/t13-;/m1./s1. The summed E-state index contributed by atoms with van der Waals surface area (Å²) >= 11 is 0. The third-order valence-corrected chi connectivity index (χ3v) is 3.36. The maximum Gasteiger partial charge on any atom is 0.123 e. The molecule has 0 radical (unpaired) electrons. The Morgan fingerprint density at radius 3 is 2.59 bits per heavy atom. The van der Waals surface area contributed by atoms with E-state index in [4.69, 9.17) is 10.5 Å². The summed E-state index contributed by atoms with van der Waals surface area (Å²) in [5, 5.41) is 0. The summed E-state index contributed by atoms with van der Waals surface area (Å²) in [7, 11) is 0. The average molecular weight is 260 g/mol. The van der Waals surface area contributed by atoms with Crippen molar-refractivity contribution in [2.24, 2.45) is 11.7 Å². The van der Waals surface area contributed by atoms with Crippen LogP contribution in [0.4, 0.5) is 4.39 Å². The van der Waals surface area contributed by atoms with Crippen molar-refractivity contribution in [1.82, 2.24) is 0 Å². The van der Waals surface area contributed by atoms with Crippen LogP contribution in [0.5, 0.6) is 0 Å². The summed E-state index contributed by atoms with van der Waals surface area (Å²) in [5.74, 6) is 0.262. The van der Waals surface area contributed by atoms with E-state index in [1.54, 1.807) is 6.07 Å². The van der Waals surface area contributed by atoms with E-state index in [1.807, 2.05) is 13.0 Å². The molecule has 0 aromatic heterocycles. The molecule has 1 aliphatic rings. The number of aryl methyl sites for hydroxylation is 1. The normalized spacial score (nSPS) is 18.5. The zero-order valence-corrected chi connectivity index (χ0v) is 10.8. The van der Waals surface area contributed by atoms with Crippen molar-refractivity contribution >= 4 is 12.4 Å². The maximum atomic E-state index is 13.0. The Morgan fingerprint density at radius 1 is 1.35 bits per heavy atom. The fourth-order valence-electron chi connectivity index (χ4n) is 2.34. The van der Waals surface area contributed by atoms with Gasteiger partial charge in [-0.3, -0.25) is 0 Å². The topological polar surface area (TPSA) is 35.2 Å². The monoisotopic (exact) mass is 259 g/mol. The van der Waals surface area contributed by atoms with Gasteiger partial charge in [0.25, 0.3) is 0 Å². The molecule has 1 atom stereocenters. The summed E-state index contributed by atoms with van der Waals surface area (Å²) in [4.78, 5) is 0. The van der Waals surface area contributed by atoms with E-state index in [9.17, 15) is 4.39 Å². The number of benzene rings is 1. The highest BCUT2D eigenvalue weighted by Crippen LogP contribution is 2.29. The van der Waals surface area contributed by atoms with E-state index in [0.717, 1.165) is 37.2 Å². The maximum absolute atomic E-state index is 13.0. The SMILES string of the molecule is Cc1cc(F)ccc1[C@H](N)C1CCOCC1.Cl. The third kappa shape index (κ3) is 3.41. The molecule has 1 heterocycles.